The van der Waals surface area contributed by atoms with Gasteiger partial charge in [-0.2, -0.15) is 0 Å². The van der Waals surface area contributed by atoms with Gasteiger partial charge >= 0.3 is 0 Å². The molecule has 1 saturated carbocycles. The van der Waals surface area contributed by atoms with Gasteiger partial charge in [-0.3, -0.25) is 0 Å². The van der Waals surface area contributed by atoms with Crippen LogP contribution >= 0.6 is 11.6 Å². The second-order valence-electron chi connectivity index (χ2n) is 5.23. The van der Waals surface area contributed by atoms with E-state index in [1.54, 1.807) is 6.20 Å². The number of nitrogens with two attached hydrogens (primary N) is 1. The molecule has 1 aliphatic carbocycles. The zero-order valence-electron chi connectivity index (χ0n) is 11.5. The molecule has 0 atom stereocenters. The fourth-order valence-corrected chi connectivity index (χ4v) is 2.62. The third-order valence-corrected chi connectivity index (χ3v) is 3.95. The van der Waals surface area contributed by atoms with Gasteiger partial charge in [-0.1, -0.05) is 29.8 Å². The normalized spacial score (nSPS) is 21.7. The van der Waals surface area contributed by atoms with Crippen molar-refractivity contribution in [2.24, 2.45) is 10.7 Å². The van der Waals surface area contributed by atoms with E-state index in [4.69, 9.17) is 17.3 Å². The highest BCUT2D eigenvalue weighted by molar-refractivity contribution is 6.30. The quantitative estimate of drug-likeness (QED) is 0.674. The van der Waals surface area contributed by atoms with Gasteiger partial charge in [0.1, 0.15) is 5.82 Å². The Morgan fingerprint density at radius 3 is 2.62 bits per heavy atom. The number of hydrogen-bond acceptors (Lipinski definition) is 2. The summed E-state index contributed by atoms with van der Waals surface area (Å²) >= 11 is 5.90. The standard InChI is InChI=1S/C16H17ClN4/c17-13-6-4-11(5-7-13)12-9-14(10-12)20-16(18)21-15-3-1-2-8-19-15/h1-8,12,14H,9-10H2,(H3,18,19,20,21). The highest BCUT2D eigenvalue weighted by atomic mass is 35.5. The molecule has 3 N–H and O–H groups in total. The maximum atomic E-state index is 5.90. The smallest absolute Gasteiger partial charge is 0.194 e. The van der Waals surface area contributed by atoms with Crippen LogP contribution in [-0.4, -0.2) is 17.0 Å². The Bertz CT molecular complexity index is 618. The van der Waals surface area contributed by atoms with Crippen molar-refractivity contribution in [1.82, 2.24) is 4.98 Å². The van der Waals surface area contributed by atoms with E-state index >= 15 is 0 Å². The summed E-state index contributed by atoms with van der Waals surface area (Å²) in [4.78, 5) is 8.64. The molecule has 21 heavy (non-hydrogen) atoms. The fraction of sp³-hybridized carbons (Fsp3) is 0.250. The summed E-state index contributed by atoms with van der Waals surface area (Å²) in [6.45, 7) is 0. The minimum Gasteiger partial charge on any atom is -0.370 e. The van der Waals surface area contributed by atoms with Gasteiger partial charge in [-0.15, -0.1) is 0 Å². The van der Waals surface area contributed by atoms with Crippen LogP contribution in [0.3, 0.4) is 0 Å². The first-order valence-corrected chi connectivity index (χ1v) is 7.35. The van der Waals surface area contributed by atoms with Crippen LogP contribution in [0.1, 0.15) is 24.3 Å². The molecule has 5 heteroatoms. The van der Waals surface area contributed by atoms with Crippen LogP contribution in [0.15, 0.2) is 53.7 Å². The highest BCUT2D eigenvalue weighted by Gasteiger charge is 2.30. The second kappa shape index (κ2) is 6.14. The summed E-state index contributed by atoms with van der Waals surface area (Å²) < 4.78 is 0. The van der Waals surface area contributed by atoms with Crippen LogP contribution in [0.4, 0.5) is 5.82 Å². The summed E-state index contributed by atoms with van der Waals surface area (Å²) in [6, 6.07) is 13.9. The van der Waals surface area contributed by atoms with Crippen LogP contribution in [-0.2, 0) is 0 Å². The molecular formula is C16H17ClN4. The number of rotatable bonds is 3. The summed E-state index contributed by atoms with van der Waals surface area (Å²) in [7, 11) is 0. The Balaban J connectivity index is 1.54. The molecule has 1 aromatic carbocycles. The van der Waals surface area contributed by atoms with Crippen molar-refractivity contribution in [2.75, 3.05) is 5.32 Å². The Morgan fingerprint density at radius 1 is 1.19 bits per heavy atom. The van der Waals surface area contributed by atoms with E-state index < -0.39 is 0 Å². The molecule has 4 nitrogen and oxygen atoms in total. The number of benzene rings is 1. The molecule has 1 fully saturated rings. The molecule has 0 radical (unpaired) electrons. The van der Waals surface area contributed by atoms with Crippen LogP contribution < -0.4 is 11.1 Å². The van der Waals surface area contributed by atoms with Crippen molar-refractivity contribution in [3.05, 3.63) is 59.2 Å². The van der Waals surface area contributed by atoms with E-state index in [0.717, 1.165) is 17.9 Å². The molecule has 2 aromatic rings. The van der Waals surface area contributed by atoms with Gasteiger partial charge in [0.05, 0.1) is 6.04 Å². The number of hydrogen-bond donors (Lipinski definition) is 2. The van der Waals surface area contributed by atoms with E-state index in [1.165, 1.54) is 5.56 Å². The Morgan fingerprint density at radius 2 is 1.95 bits per heavy atom. The topological polar surface area (TPSA) is 63.3 Å². The zero-order chi connectivity index (χ0) is 14.7. The van der Waals surface area contributed by atoms with Gasteiger partial charge in [-0.25, -0.2) is 9.98 Å². The maximum Gasteiger partial charge on any atom is 0.194 e. The van der Waals surface area contributed by atoms with E-state index in [-0.39, 0.29) is 6.04 Å². The first kappa shape index (κ1) is 13.9. The molecule has 0 saturated heterocycles. The third-order valence-electron chi connectivity index (χ3n) is 3.70. The predicted molar refractivity (Wildman–Crippen MR) is 86.7 cm³/mol. The van der Waals surface area contributed by atoms with Crippen LogP contribution in [0.25, 0.3) is 0 Å². The summed E-state index contributed by atoms with van der Waals surface area (Å²) in [5, 5.41) is 3.78. The van der Waals surface area contributed by atoms with Gasteiger partial charge in [0.2, 0.25) is 0 Å². The predicted octanol–water partition coefficient (Wildman–Crippen LogP) is 3.41. The molecule has 108 valence electrons. The minimum absolute atomic E-state index is 0.280. The average Bonchev–Trinajstić information content (AvgIpc) is 2.45. The fourth-order valence-electron chi connectivity index (χ4n) is 2.50. The average molecular weight is 301 g/mol. The van der Waals surface area contributed by atoms with Crippen LogP contribution in [0.2, 0.25) is 5.02 Å². The third kappa shape index (κ3) is 3.52. The molecule has 0 bridgehead atoms. The van der Waals surface area contributed by atoms with Crippen molar-refractivity contribution in [3.8, 4) is 0 Å². The number of halogens is 1. The molecule has 1 aromatic heterocycles. The molecular weight excluding hydrogens is 284 g/mol. The first-order chi connectivity index (χ1) is 10.2. The summed E-state index contributed by atoms with van der Waals surface area (Å²) in [5.74, 6) is 1.69. The molecule has 0 amide bonds. The van der Waals surface area contributed by atoms with Gasteiger partial charge in [-0.05, 0) is 48.6 Å². The van der Waals surface area contributed by atoms with Crippen LogP contribution in [0, 0.1) is 0 Å². The van der Waals surface area contributed by atoms with Crippen molar-refractivity contribution < 1.29 is 0 Å². The highest BCUT2D eigenvalue weighted by Crippen LogP contribution is 2.39. The lowest BCUT2D eigenvalue weighted by atomic mass is 9.76. The van der Waals surface area contributed by atoms with Gasteiger partial charge < -0.3 is 11.1 Å². The van der Waals surface area contributed by atoms with E-state index in [0.29, 0.717) is 17.7 Å². The second-order valence-corrected chi connectivity index (χ2v) is 5.66. The molecule has 0 spiro atoms. The Labute approximate surface area is 129 Å². The minimum atomic E-state index is 0.280. The van der Waals surface area contributed by atoms with E-state index in [9.17, 15) is 0 Å². The number of nitrogens with one attached hydrogen (secondary N) is 1. The molecule has 1 heterocycles. The molecule has 1 aliphatic rings. The lowest BCUT2D eigenvalue weighted by molar-refractivity contribution is 0.353. The zero-order valence-corrected chi connectivity index (χ0v) is 12.3. The maximum absolute atomic E-state index is 5.90. The van der Waals surface area contributed by atoms with Crippen molar-refractivity contribution in [2.45, 2.75) is 24.8 Å². The number of anilines is 1. The number of nitrogens with zero attached hydrogens (tertiary/aromatic N) is 2. The number of pyridine rings is 1. The summed E-state index contributed by atoms with van der Waals surface area (Å²) in [6.07, 6.45) is 3.76. The Hall–Kier alpha value is -2.07. The lowest BCUT2D eigenvalue weighted by Gasteiger charge is -2.33. The largest absolute Gasteiger partial charge is 0.370 e. The van der Waals surface area contributed by atoms with E-state index in [1.807, 2.05) is 30.3 Å². The van der Waals surface area contributed by atoms with Crippen molar-refractivity contribution in [3.63, 3.8) is 0 Å². The molecule has 3 rings (SSSR count). The van der Waals surface area contributed by atoms with Gasteiger partial charge in [0.25, 0.3) is 0 Å². The van der Waals surface area contributed by atoms with Crippen molar-refractivity contribution in [1.29, 1.82) is 0 Å². The number of aliphatic imine (C=N–C) groups is 1. The molecule has 0 unspecified atom stereocenters. The van der Waals surface area contributed by atoms with Crippen molar-refractivity contribution >= 4 is 23.4 Å². The number of guanidine groups is 1. The monoisotopic (exact) mass is 300 g/mol. The number of aromatic nitrogens is 1. The Kier molecular flexibility index (Phi) is 4.06. The molecule has 0 aliphatic heterocycles. The first-order valence-electron chi connectivity index (χ1n) is 6.97. The van der Waals surface area contributed by atoms with E-state index in [2.05, 4.69) is 27.4 Å². The van der Waals surface area contributed by atoms with Gasteiger partial charge in [0.15, 0.2) is 5.96 Å². The SMILES string of the molecule is NC(=NC1CC(c2ccc(Cl)cc2)C1)Nc1ccccn1. The summed E-state index contributed by atoms with van der Waals surface area (Å²) in [5.41, 5.74) is 7.22. The lowest BCUT2D eigenvalue weighted by Crippen LogP contribution is -2.31. The van der Waals surface area contributed by atoms with Gasteiger partial charge in [0, 0.05) is 11.2 Å². The van der Waals surface area contributed by atoms with Crippen LogP contribution in [0.5, 0.6) is 0 Å².